The molecule has 1 N–H and O–H groups in total. The molecule has 0 fully saturated rings. The SMILES string of the molecule is COc1ccc(/C=C\c2cc(OC)c(OC)c(OC)c2)c(NS(=O)(=O)c2ccc(Cl)cc2)c1F. The Balaban J connectivity index is 2.05. The van der Waals surface area contributed by atoms with Crippen molar-refractivity contribution >= 4 is 39.5 Å². The standard InChI is InChI=1S/C24H23ClFNO6S/c1-30-19-12-7-16(6-5-15-13-20(31-2)24(33-4)21(14-15)32-3)23(22(19)26)27-34(28,29)18-10-8-17(25)9-11-18/h5-14,27H,1-4H3/b6-5-. The smallest absolute Gasteiger partial charge is 0.262 e. The van der Waals surface area contributed by atoms with E-state index in [1.807, 2.05) is 0 Å². The van der Waals surface area contributed by atoms with Gasteiger partial charge in [0.05, 0.1) is 39.0 Å². The number of ether oxygens (including phenoxy) is 4. The van der Waals surface area contributed by atoms with Gasteiger partial charge in [0.15, 0.2) is 23.1 Å². The molecule has 0 aliphatic carbocycles. The lowest BCUT2D eigenvalue weighted by Crippen LogP contribution is -2.15. The monoisotopic (exact) mass is 507 g/mol. The van der Waals surface area contributed by atoms with E-state index < -0.39 is 15.8 Å². The van der Waals surface area contributed by atoms with Crippen LogP contribution in [-0.4, -0.2) is 36.9 Å². The van der Waals surface area contributed by atoms with Crippen molar-refractivity contribution in [3.63, 3.8) is 0 Å². The highest BCUT2D eigenvalue weighted by atomic mass is 35.5. The van der Waals surface area contributed by atoms with Gasteiger partial charge in [-0.2, -0.15) is 0 Å². The summed E-state index contributed by atoms with van der Waals surface area (Å²) >= 11 is 5.85. The summed E-state index contributed by atoms with van der Waals surface area (Å²) in [5.41, 5.74) is 0.653. The highest BCUT2D eigenvalue weighted by Crippen LogP contribution is 2.39. The normalized spacial score (nSPS) is 11.4. The molecule has 0 bridgehead atoms. The van der Waals surface area contributed by atoms with Crippen molar-refractivity contribution in [2.75, 3.05) is 33.2 Å². The van der Waals surface area contributed by atoms with Crippen LogP contribution in [0.5, 0.6) is 23.0 Å². The van der Waals surface area contributed by atoms with Crippen molar-refractivity contribution in [3.8, 4) is 23.0 Å². The van der Waals surface area contributed by atoms with Crippen LogP contribution in [0.2, 0.25) is 5.02 Å². The zero-order valence-corrected chi connectivity index (χ0v) is 20.5. The summed E-state index contributed by atoms with van der Waals surface area (Å²) in [6.45, 7) is 0. The molecule has 0 spiro atoms. The van der Waals surface area contributed by atoms with Gasteiger partial charge in [0.2, 0.25) is 5.75 Å². The van der Waals surface area contributed by atoms with Crippen molar-refractivity contribution in [2.45, 2.75) is 4.90 Å². The number of hydrogen-bond donors (Lipinski definition) is 1. The summed E-state index contributed by atoms with van der Waals surface area (Å²) in [6.07, 6.45) is 3.22. The molecule has 3 rings (SSSR count). The molecular formula is C24H23ClFNO6S. The van der Waals surface area contributed by atoms with Gasteiger partial charge in [-0.1, -0.05) is 23.8 Å². The van der Waals surface area contributed by atoms with Crippen molar-refractivity contribution in [2.24, 2.45) is 0 Å². The largest absolute Gasteiger partial charge is 0.494 e. The fourth-order valence-corrected chi connectivity index (χ4v) is 4.38. The van der Waals surface area contributed by atoms with E-state index in [0.29, 0.717) is 27.8 Å². The predicted molar refractivity (Wildman–Crippen MR) is 130 cm³/mol. The molecule has 0 radical (unpaired) electrons. The van der Waals surface area contributed by atoms with E-state index in [2.05, 4.69) is 4.72 Å². The van der Waals surface area contributed by atoms with E-state index in [1.54, 1.807) is 24.3 Å². The molecule has 34 heavy (non-hydrogen) atoms. The van der Waals surface area contributed by atoms with Crippen molar-refractivity contribution in [1.82, 2.24) is 0 Å². The van der Waals surface area contributed by atoms with E-state index in [1.165, 1.54) is 64.8 Å². The third-order valence-electron chi connectivity index (χ3n) is 4.86. The molecule has 0 aromatic heterocycles. The van der Waals surface area contributed by atoms with Gasteiger partial charge in [0.1, 0.15) is 0 Å². The fraction of sp³-hybridized carbons (Fsp3) is 0.167. The maximum absolute atomic E-state index is 15.1. The quantitative estimate of drug-likeness (QED) is 0.386. The highest BCUT2D eigenvalue weighted by Gasteiger charge is 2.21. The first-order chi connectivity index (χ1) is 16.2. The summed E-state index contributed by atoms with van der Waals surface area (Å²) < 4.78 is 64.3. The minimum atomic E-state index is -4.11. The minimum Gasteiger partial charge on any atom is -0.494 e. The Bertz CT molecular complexity index is 1280. The van der Waals surface area contributed by atoms with Gasteiger partial charge in [-0.3, -0.25) is 4.72 Å². The molecule has 0 aliphatic heterocycles. The molecule has 0 saturated heterocycles. The highest BCUT2D eigenvalue weighted by molar-refractivity contribution is 7.92. The number of nitrogens with one attached hydrogen (secondary N) is 1. The average Bonchev–Trinajstić information content (AvgIpc) is 2.83. The molecule has 0 aliphatic rings. The fourth-order valence-electron chi connectivity index (χ4n) is 3.16. The maximum Gasteiger partial charge on any atom is 0.262 e. The van der Waals surface area contributed by atoms with Crippen LogP contribution in [0.4, 0.5) is 10.1 Å². The van der Waals surface area contributed by atoms with Gasteiger partial charge in [0, 0.05) is 10.6 Å². The zero-order valence-electron chi connectivity index (χ0n) is 18.9. The molecule has 0 amide bonds. The number of sulfonamides is 1. The average molecular weight is 508 g/mol. The van der Waals surface area contributed by atoms with Crippen LogP contribution in [0.25, 0.3) is 12.2 Å². The Kier molecular flexibility index (Phi) is 7.90. The number of halogens is 2. The van der Waals surface area contributed by atoms with Crippen molar-refractivity contribution < 1.29 is 31.8 Å². The molecule has 3 aromatic carbocycles. The van der Waals surface area contributed by atoms with Crippen LogP contribution in [0.1, 0.15) is 11.1 Å². The first kappa shape index (κ1) is 25.2. The first-order valence-electron chi connectivity index (χ1n) is 9.87. The predicted octanol–water partition coefficient (Wildman–Crippen LogP) is 5.48. The van der Waals surface area contributed by atoms with Crippen molar-refractivity contribution in [1.29, 1.82) is 0 Å². The minimum absolute atomic E-state index is 0.0707. The molecule has 0 saturated carbocycles. The Morgan fingerprint density at radius 2 is 1.41 bits per heavy atom. The van der Waals surface area contributed by atoms with Gasteiger partial charge < -0.3 is 18.9 Å². The lowest BCUT2D eigenvalue weighted by Gasteiger charge is -2.15. The van der Waals surface area contributed by atoms with Crippen LogP contribution in [0, 0.1) is 5.82 Å². The molecule has 0 atom stereocenters. The third kappa shape index (κ3) is 5.37. The molecule has 10 heteroatoms. The second-order valence-corrected chi connectivity index (χ2v) is 9.02. The molecule has 7 nitrogen and oxygen atoms in total. The molecule has 180 valence electrons. The van der Waals surface area contributed by atoms with Crippen LogP contribution in [-0.2, 0) is 10.0 Å². The molecule has 0 heterocycles. The maximum atomic E-state index is 15.1. The van der Waals surface area contributed by atoms with E-state index in [0.717, 1.165) is 0 Å². The van der Waals surface area contributed by atoms with Gasteiger partial charge >= 0.3 is 0 Å². The summed E-state index contributed by atoms with van der Waals surface area (Å²) in [5.74, 6) is 0.331. The van der Waals surface area contributed by atoms with Crippen LogP contribution < -0.4 is 23.7 Å². The second-order valence-electron chi connectivity index (χ2n) is 6.90. The summed E-state index contributed by atoms with van der Waals surface area (Å²) in [4.78, 5) is -0.0707. The van der Waals surface area contributed by atoms with Gasteiger partial charge in [-0.25, -0.2) is 12.8 Å². The van der Waals surface area contributed by atoms with Crippen LogP contribution >= 0.6 is 11.6 Å². The zero-order chi connectivity index (χ0) is 24.9. The van der Waals surface area contributed by atoms with Gasteiger partial charge in [0.25, 0.3) is 10.0 Å². The second kappa shape index (κ2) is 10.7. The van der Waals surface area contributed by atoms with E-state index in [-0.39, 0.29) is 21.9 Å². The third-order valence-corrected chi connectivity index (χ3v) is 6.48. The lowest BCUT2D eigenvalue weighted by molar-refractivity contribution is 0.324. The van der Waals surface area contributed by atoms with E-state index >= 15 is 4.39 Å². The Morgan fingerprint density at radius 3 is 1.94 bits per heavy atom. The van der Waals surface area contributed by atoms with E-state index in [4.69, 9.17) is 30.5 Å². The summed E-state index contributed by atoms with van der Waals surface area (Å²) in [5, 5.41) is 0.375. The first-order valence-corrected chi connectivity index (χ1v) is 11.7. The van der Waals surface area contributed by atoms with Gasteiger partial charge in [-0.05, 0) is 54.1 Å². The molecular weight excluding hydrogens is 485 g/mol. The molecule has 3 aromatic rings. The number of methoxy groups -OCH3 is 4. The number of anilines is 1. The van der Waals surface area contributed by atoms with E-state index in [9.17, 15) is 8.42 Å². The molecule has 0 unspecified atom stereocenters. The topological polar surface area (TPSA) is 83.1 Å². The number of benzene rings is 3. The Morgan fingerprint density at radius 1 is 0.824 bits per heavy atom. The Labute approximate surface area is 202 Å². The van der Waals surface area contributed by atoms with Crippen molar-refractivity contribution in [3.05, 3.63) is 70.5 Å². The van der Waals surface area contributed by atoms with Crippen LogP contribution in [0.15, 0.2) is 53.4 Å². The Hall–Kier alpha value is -3.43. The lowest BCUT2D eigenvalue weighted by atomic mass is 10.1. The summed E-state index contributed by atoms with van der Waals surface area (Å²) in [6, 6.07) is 11.9. The summed E-state index contributed by atoms with van der Waals surface area (Å²) in [7, 11) is 1.67. The van der Waals surface area contributed by atoms with Crippen LogP contribution in [0.3, 0.4) is 0 Å². The number of rotatable bonds is 9. The van der Waals surface area contributed by atoms with Gasteiger partial charge in [-0.15, -0.1) is 0 Å². The number of hydrogen-bond acceptors (Lipinski definition) is 6.